The van der Waals surface area contributed by atoms with Crippen LogP contribution in [0.3, 0.4) is 0 Å². The Bertz CT molecular complexity index is 494. The van der Waals surface area contributed by atoms with Crippen molar-refractivity contribution < 1.29 is 22.4 Å². The van der Waals surface area contributed by atoms with Crippen molar-refractivity contribution in [2.75, 3.05) is 13.6 Å². The number of carbonyl (C=O) groups excluding carboxylic acids is 1. The van der Waals surface area contributed by atoms with Gasteiger partial charge in [0.05, 0.1) is 5.56 Å². The molecule has 2 rings (SSSR count). The molecule has 1 fully saturated rings. The van der Waals surface area contributed by atoms with Crippen molar-refractivity contribution in [3.8, 4) is 0 Å². The molecule has 0 aromatic heterocycles. The van der Waals surface area contributed by atoms with Gasteiger partial charge < -0.3 is 4.90 Å². The highest BCUT2D eigenvalue weighted by Crippen LogP contribution is 2.33. The van der Waals surface area contributed by atoms with E-state index in [2.05, 4.69) is 0 Å². The van der Waals surface area contributed by atoms with Crippen LogP contribution >= 0.6 is 0 Å². The third-order valence-electron chi connectivity index (χ3n) is 3.09. The maximum atomic E-state index is 13.1. The summed E-state index contributed by atoms with van der Waals surface area (Å²) in [5, 5.41) is 0. The van der Waals surface area contributed by atoms with Gasteiger partial charge in [0.2, 0.25) is 0 Å². The van der Waals surface area contributed by atoms with Gasteiger partial charge in [-0.25, -0.2) is 4.39 Å². The van der Waals surface area contributed by atoms with Crippen molar-refractivity contribution >= 4 is 5.91 Å². The predicted molar refractivity (Wildman–Crippen MR) is 61.1 cm³/mol. The van der Waals surface area contributed by atoms with Crippen molar-refractivity contribution in [3.05, 3.63) is 35.1 Å². The van der Waals surface area contributed by atoms with E-state index in [-0.39, 0.29) is 5.56 Å². The third kappa shape index (κ3) is 3.24. The van der Waals surface area contributed by atoms with Gasteiger partial charge in [0.1, 0.15) is 5.82 Å². The molecule has 1 aromatic rings. The molecule has 0 unspecified atom stereocenters. The Balaban J connectivity index is 2.22. The van der Waals surface area contributed by atoms with E-state index in [1.54, 1.807) is 0 Å². The Hall–Kier alpha value is -1.59. The Morgan fingerprint density at radius 3 is 2.53 bits per heavy atom. The smallest absolute Gasteiger partial charge is 0.341 e. The molecular formula is C13H13F4NO. The molecule has 0 bridgehead atoms. The van der Waals surface area contributed by atoms with E-state index >= 15 is 0 Å². The zero-order chi connectivity index (χ0) is 14.2. The van der Waals surface area contributed by atoms with Gasteiger partial charge in [-0.2, -0.15) is 13.2 Å². The lowest BCUT2D eigenvalue weighted by molar-refractivity contribution is -0.140. The quantitative estimate of drug-likeness (QED) is 0.775. The molecule has 1 aromatic carbocycles. The average Bonchev–Trinajstić information content (AvgIpc) is 3.11. The lowest BCUT2D eigenvalue weighted by Crippen LogP contribution is -2.29. The molecule has 1 aliphatic rings. The maximum Gasteiger partial charge on any atom is 0.419 e. The fourth-order valence-corrected chi connectivity index (χ4v) is 1.87. The Morgan fingerprint density at radius 2 is 2.00 bits per heavy atom. The third-order valence-corrected chi connectivity index (χ3v) is 3.09. The maximum absolute atomic E-state index is 13.1. The fourth-order valence-electron chi connectivity index (χ4n) is 1.87. The number of carbonyl (C=O) groups is 1. The summed E-state index contributed by atoms with van der Waals surface area (Å²) in [6.07, 6.45) is -2.72. The van der Waals surface area contributed by atoms with Crippen LogP contribution in [0.15, 0.2) is 18.2 Å². The Morgan fingerprint density at radius 1 is 1.37 bits per heavy atom. The van der Waals surface area contributed by atoms with Crippen molar-refractivity contribution in [2.24, 2.45) is 5.92 Å². The number of hydrogen-bond acceptors (Lipinski definition) is 1. The van der Waals surface area contributed by atoms with Crippen LogP contribution in [0.2, 0.25) is 0 Å². The molecule has 0 atom stereocenters. The summed E-state index contributed by atoms with van der Waals surface area (Å²) in [6.45, 7) is 0.525. The molecule has 0 heterocycles. The lowest BCUT2D eigenvalue weighted by atomic mass is 10.1. The van der Waals surface area contributed by atoms with Gasteiger partial charge >= 0.3 is 6.18 Å². The van der Waals surface area contributed by atoms with Crippen LogP contribution < -0.4 is 0 Å². The first-order valence-corrected chi connectivity index (χ1v) is 5.91. The molecule has 1 amide bonds. The first kappa shape index (κ1) is 13.8. The first-order valence-electron chi connectivity index (χ1n) is 5.91. The Kier molecular flexibility index (Phi) is 3.52. The van der Waals surface area contributed by atoms with Gasteiger partial charge in [-0.3, -0.25) is 4.79 Å². The van der Waals surface area contributed by atoms with Gasteiger partial charge in [-0.1, -0.05) is 0 Å². The van der Waals surface area contributed by atoms with Crippen LogP contribution in [-0.2, 0) is 6.18 Å². The van der Waals surface area contributed by atoms with E-state index < -0.39 is 23.5 Å². The first-order chi connectivity index (χ1) is 8.79. The van der Waals surface area contributed by atoms with Crippen LogP contribution in [0.1, 0.15) is 28.8 Å². The zero-order valence-electron chi connectivity index (χ0n) is 10.3. The second-order valence-electron chi connectivity index (χ2n) is 4.82. The highest BCUT2D eigenvalue weighted by molar-refractivity contribution is 5.94. The minimum atomic E-state index is -4.80. The van der Waals surface area contributed by atoms with Crippen LogP contribution in [0, 0.1) is 11.7 Å². The SMILES string of the molecule is CN(CC1CC1)C(=O)c1ccc(F)c(C(F)(F)F)c1. The molecular weight excluding hydrogens is 262 g/mol. The van der Waals surface area contributed by atoms with E-state index in [0.29, 0.717) is 24.6 Å². The summed E-state index contributed by atoms with van der Waals surface area (Å²) < 4.78 is 50.8. The summed E-state index contributed by atoms with van der Waals surface area (Å²) in [6, 6.07) is 2.33. The molecule has 1 saturated carbocycles. The van der Waals surface area contributed by atoms with Gasteiger partial charge in [0.25, 0.3) is 5.91 Å². The van der Waals surface area contributed by atoms with E-state index in [9.17, 15) is 22.4 Å². The van der Waals surface area contributed by atoms with Gasteiger partial charge in [0, 0.05) is 19.2 Å². The number of amides is 1. The van der Waals surface area contributed by atoms with E-state index in [1.807, 2.05) is 0 Å². The lowest BCUT2D eigenvalue weighted by Gasteiger charge is -2.17. The number of alkyl halides is 3. The highest BCUT2D eigenvalue weighted by Gasteiger charge is 2.35. The monoisotopic (exact) mass is 275 g/mol. The number of halogens is 4. The number of rotatable bonds is 3. The minimum absolute atomic E-state index is 0.142. The zero-order valence-corrected chi connectivity index (χ0v) is 10.3. The van der Waals surface area contributed by atoms with E-state index in [0.717, 1.165) is 18.9 Å². The predicted octanol–water partition coefficient (Wildman–Crippen LogP) is 3.33. The van der Waals surface area contributed by atoms with Crippen LogP contribution in [0.25, 0.3) is 0 Å². The minimum Gasteiger partial charge on any atom is -0.341 e. The van der Waals surface area contributed by atoms with Crippen LogP contribution in [0.5, 0.6) is 0 Å². The number of hydrogen-bond donors (Lipinski definition) is 0. The molecule has 0 radical (unpaired) electrons. The van der Waals surface area contributed by atoms with Crippen molar-refractivity contribution in [1.82, 2.24) is 4.90 Å². The second-order valence-corrected chi connectivity index (χ2v) is 4.82. The summed E-state index contributed by atoms with van der Waals surface area (Å²) in [4.78, 5) is 13.3. The van der Waals surface area contributed by atoms with Gasteiger partial charge in [0.15, 0.2) is 0 Å². The molecule has 1 aliphatic carbocycles. The standard InChI is InChI=1S/C13H13F4NO/c1-18(7-8-2-3-8)12(19)9-4-5-11(14)10(6-9)13(15,16)17/h4-6,8H,2-3,7H2,1H3. The molecule has 0 aliphatic heterocycles. The molecule has 104 valence electrons. The van der Waals surface area contributed by atoms with Crippen LogP contribution in [0.4, 0.5) is 17.6 Å². The molecule has 2 nitrogen and oxygen atoms in total. The Labute approximate surface area is 108 Å². The summed E-state index contributed by atoms with van der Waals surface area (Å²) in [7, 11) is 1.54. The van der Waals surface area contributed by atoms with Crippen LogP contribution in [-0.4, -0.2) is 24.4 Å². The topological polar surface area (TPSA) is 20.3 Å². The van der Waals surface area contributed by atoms with Crippen molar-refractivity contribution in [2.45, 2.75) is 19.0 Å². The second kappa shape index (κ2) is 4.83. The van der Waals surface area contributed by atoms with Crippen molar-refractivity contribution in [1.29, 1.82) is 0 Å². The number of benzene rings is 1. The number of nitrogens with zero attached hydrogens (tertiary/aromatic N) is 1. The fraction of sp³-hybridized carbons (Fsp3) is 0.462. The summed E-state index contributed by atoms with van der Waals surface area (Å²) in [5.41, 5.74) is -1.55. The molecule has 6 heteroatoms. The average molecular weight is 275 g/mol. The van der Waals surface area contributed by atoms with Gasteiger partial charge in [-0.15, -0.1) is 0 Å². The molecule has 0 N–H and O–H groups in total. The van der Waals surface area contributed by atoms with Gasteiger partial charge in [-0.05, 0) is 37.0 Å². The van der Waals surface area contributed by atoms with E-state index in [1.165, 1.54) is 11.9 Å². The molecule has 0 spiro atoms. The van der Waals surface area contributed by atoms with Crippen molar-refractivity contribution in [3.63, 3.8) is 0 Å². The van der Waals surface area contributed by atoms with E-state index in [4.69, 9.17) is 0 Å². The highest BCUT2D eigenvalue weighted by atomic mass is 19.4. The largest absolute Gasteiger partial charge is 0.419 e. The molecule has 0 saturated heterocycles. The summed E-state index contributed by atoms with van der Waals surface area (Å²) >= 11 is 0. The summed E-state index contributed by atoms with van der Waals surface area (Å²) in [5.74, 6) is -1.44. The molecule has 19 heavy (non-hydrogen) atoms. The normalized spacial score (nSPS) is 15.4.